The monoisotopic (exact) mass is 220 g/mol. The quantitative estimate of drug-likeness (QED) is 0.770. The van der Waals surface area contributed by atoms with Gasteiger partial charge < -0.3 is 0 Å². The molecule has 1 aliphatic carbocycles. The summed E-state index contributed by atoms with van der Waals surface area (Å²) in [5.41, 5.74) is 0. The Hall–Kier alpha value is -0.130. The zero-order chi connectivity index (χ0) is 10.8. The van der Waals surface area contributed by atoms with Gasteiger partial charge in [0.1, 0.15) is 0 Å². The second kappa shape index (κ2) is 4.59. The molecule has 0 amide bonds. The van der Waals surface area contributed by atoms with Gasteiger partial charge >= 0.3 is 0 Å². The zero-order valence-electron chi connectivity index (χ0n) is 9.16. The highest BCUT2D eigenvalue weighted by molar-refractivity contribution is 7.87. The summed E-state index contributed by atoms with van der Waals surface area (Å²) in [6.07, 6.45) is 4.18. The largest absolute Gasteiger partial charge is 0.279 e. The smallest absolute Gasteiger partial charge is 0.199 e. The van der Waals surface area contributed by atoms with Crippen LogP contribution in [0.15, 0.2) is 0 Å². The van der Waals surface area contributed by atoms with Crippen LogP contribution < -0.4 is 4.72 Å². The Morgan fingerprint density at radius 2 is 1.64 bits per heavy atom. The molecule has 0 radical (unpaired) electrons. The molecule has 0 saturated heterocycles. The molecule has 0 heterocycles. The summed E-state index contributed by atoms with van der Waals surface area (Å²) < 4.78 is 26.9. The minimum Gasteiger partial charge on any atom is -0.199 e. The lowest BCUT2D eigenvalue weighted by Crippen LogP contribution is -2.43. The third-order valence-corrected chi connectivity index (χ3v) is 4.40. The molecule has 1 saturated carbocycles. The van der Waals surface area contributed by atoms with E-state index in [2.05, 4.69) is 11.6 Å². The second-order valence-electron chi connectivity index (χ2n) is 4.36. The van der Waals surface area contributed by atoms with E-state index >= 15 is 0 Å². The summed E-state index contributed by atoms with van der Waals surface area (Å²) in [6.45, 7) is 2.22. The average Bonchev–Trinajstić information content (AvgIpc) is 2.08. The maximum absolute atomic E-state index is 11.5. The fourth-order valence-corrected chi connectivity index (χ4v) is 2.56. The van der Waals surface area contributed by atoms with Crippen molar-refractivity contribution in [3.63, 3.8) is 0 Å². The van der Waals surface area contributed by atoms with Gasteiger partial charge in [-0.2, -0.15) is 17.4 Å². The van der Waals surface area contributed by atoms with Gasteiger partial charge in [-0.3, -0.25) is 0 Å². The van der Waals surface area contributed by atoms with Crippen LogP contribution in [0, 0.1) is 5.92 Å². The molecule has 0 aromatic carbocycles. The molecule has 1 aliphatic rings. The molecule has 14 heavy (non-hydrogen) atoms. The molecule has 84 valence electrons. The molecule has 0 atom stereocenters. The van der Waals surface area contributed by atoms with Crippen molar-refractivity contribution < 1.29 is 8.42 Å². The average molecular weight is 220 g/mol. The predicted molar refractivity (Wildman–Crippen MR) is 57.2 cm³/mol. The van der Waals surface area contributed by atoms with Crippen molar-refractivity contribution in [2.75, 3.05) is 14.1 Å². The highest BCUT2D eigenvalue weighted by Crippen LogP contribution is 2.23. The zero-order valence-corrected chi connectivity index (χ0v) is 9.97. The first-order chi connectivity index (χ1) is 6.42. The van der Waals surface area contributed by atoms with Crippen LogP contribution in [0.4, 0.5) is 0 Å². The molecular formula is C9H20N2O2S. The molecule has 5 heteroatoms. The van der Waals surface area contributed by atoms with E-state index in [1.807, 2.05) is 0 Å². The van der Waals surface area contributed by atoms with E-state index in [1.54, 1.807) is 14.1 Å². The van der Waals surface area contributed by atoms with E-state index < -0.39 is 10.2 Å². The molecule has 0 aromatic heterocycles. The molecule has 0 spiro atoms. The first kappa shape index (κ1) is 11.9. The summed E-state index contributed by atoms with van der Waals surface area (Å²) in [6, 6.07) is 0.138. The van der Waals surface area contributed by atoms with Crippen LogP contribution in [-0.4, -0.2) is 32.9 Å². The maximum Gasteiger partial charge on any atom is 0.279 e. The van der Waals surface area contributed by atoms with E-state index in [-0.39, 0.29) is 6.04 Å². The van der Waals surface area contributed by atoms with Gasteiger partial charge in [-0.25, -0.2) is 0 Å². The number of hydrogen-bond donors (Lipinski definition) is 1. The van der Waals surface area contributed by atoms with Crippen molar-refractivity contribution in [2.24, 2.45) is 5.92 Å². The Labute approximate surface area is 86.9 Å². The van der Waals surface area contributed by atoms with Gasteiger partial charge in [-0.15, -0.1) is 0 Å². The molecule has 0 unspecified atom stereocenters. The molecule has 4 nitrogen and oxygen atoms in total. The Morgan fingerprint density at radius 1 is 1.14 bits per heavy atom. The molecule has 0 aliphatic heterocycles. The van der Waals surface area contributed by atoms with E-state index in [0.717, 1.165) is 31.6 Å². The molecule has 0 aromatic rings. The van der Waals surface area contributed by atoms with Gasteiger partial charge in [-0.05, 0) is 31.6 Å². The highest BCUT2D eigenvalue weighted by Gasteiger charge is 2.23. The summed E-state index contributed by atoms with van der Waals surface area (Å²) in [4.78, 5) is 0. The lowest BCUT2D eigenvalue weighted by Gasteiger charge is -2.27. The van der Waals surface area contributed by atoms with E-state index in [9.17, 15) is 8.42 Å². The third kappa shape index (κ3) is 3.22. The lowest BCUT2D eigenvalue weighted by atomic mass is 9.88. The number of hydrogen-bond acceptors (Lipinski definition) is 2. The van der Waals surface area contributed by atoms with Gasteiger partial charge in [-0.1, -0.05) is 6.92 Å². The van der Waals surface area contributed by atoms with E-state index in [4.69, 9.17) is 0 Å². The van der Waals surface area contributed by atoms with Crippen molar-refractivity contribution in [1.82, 2.24) is 9.03 Å². The normalized spacial score (nSPS) is 29.4. The van der Waals surface area contributed by atoms with Crippen LogP contribution in [0.1, 0.15) is 32.6 Å². The van der Waals surface area contributed by atoms with Crippen LogP contribution in [0.25, 0.3) is 0 Å². The standard InChI is InChI=1S/C9H20N2O2S/c1-8-4-6-9(7-5-8)10-14(12,13)11(2)3/h8-10H,4-7H2,1-3H3. The van der Waals surface area contributed by atoms with E-state index in [1.165, 1.54) is 4.31 Å². The van der Waals surface area contributed by atoms with Gasteiger partial charge in [0, 0.05) is 20.1 Å². The minimum absolute atomic E-state index is 0.138. The fraction of sp³-hybridized carbons (Fsp3) is 1.00. The van der Waals surface area contributed by atoms with Gasteiger partial charge in [0.15, 0.2) is 0 Å². The lowest BCUT2D eigenvalue weighted by molar-refractivity contribution is 0.328. The Morgan fingerprint density at radius 3 is 2.07 bits per heavy atom. The molecule has 1 N–H and O–H groups in total. The second-order valence-corrected chi connectivity index (χ2v) is 6.28. The fourth-order valence-electron chi connectivity index (χ4n) is 1.69. The van der Waals surface area contributed by atoms with Crippen LogP contribution >= 0.6 is 0 Å². The topological polar surface area (TPSA) is 49.4 Å². The van der Waals surface area contributed by atoms with Crippen LogP contribution in [0.5, 0.6) is 0 Å². The summed E-state index contributed by atoms with van der Waals surface area (Å²) in [5.74, 6) is 0.745. The van der Waals surface area contributed by atoms with Crippen molar-refractivity contribution in [1.29, 1.82) is 0 Å². The van der Waals surface area contributed by atoms with Gasteiger partial charge in [0.25, 0.3) is 10.2 Å². The van der Waals surface area contributed by atoms with Crippen LogP contribution in [0.3, 0.4) is 0 Å². The Bertz CT molecular complexity index is 267. The summed E-state index contributed by atoms with van der Waals surface area (Å²) in [7, 11) is -0.133. The maximum atomic E-state index is 11.5. The van der Waals surface area contributed by atoms with Gasteiger partial charge in [0.05, 0.1) is 0 Å². The van der Waals surface area contributed by atoms with Crippen molar-refractivity contribution >= 4 is 10.2 Å². The Balaban J connectivity index is 2.46. The summed E-state index contributed by atoms with van der Waals surface area (Å²) in [5, 5.41) is 0. The highest BCUT2D eigenvalue weighted by atomic mass is 32.2. The van der Waals surface area contributed by atoms with Crippen molar-refractivity contribution in [2.45, 2.75) is 38.6 Å². The SMILES string of the molecule is CC1CCC(NS(=O)(=O)N(C)C)CC1. The molecular weight excluding hydrogens is 200 g/mol. The minimum atomic E-state index is -3.23. The first-order valence-electron chi connectivity index (χ1n) is 5.11. The number of nitrogens with one attached hydrogen (secondary N) is 1. The Kier molecular flexibility index (Phi) is 3.92. The van der Waals surface area contributed by atoms with Crippen molar-refractivity contribution in [3.8, 4) is 0 Å². The molecule has 1 fully saturated rings. The van der Waals surface area contributed by atoms with E-state index in [0.29, 0.717) is 0 Å². The summed E-state index contributed by atoms with van der Waals surface area (Å²) >= 11 is 0. The predicted octanol–water partition coefficient (Wildman–Crippen LogP) is 0.961. The first-order valence-corrected chi connectivity index (χ1v) is 6.55. The van der Waals surface area contributed by atoms with Crippen molar-refractivity contribution in [3.05, 3.63) is 0 Å². The van der Waals surface area contributed by atoms with Crippen LogP contribution in [0.2, 0.25) is 0 Å². The number of nitrogens with zero attached hydrogens (tertiary/aromatic N) is 1. The molecule has 1 rings (SSSR count). The van der Waals surface area contributed by atoms with Crippen LogP contribution in [-0.2, 0) is 10.2 Å². The molecule has 0 bridgehead atoms. The number of rotatable bonds is 3. The van der Waals surface area contributed by atoms with Gasteiger partial charge in [0.2, 0.25) is 0 Å². The third-order valence-electron chi connectivity index (χ3n) is 2.81.